The number of anilines is 1. The largest absolute Gasteiger partial charge is 0.490 e. The molecule has 81 heavy (non-hydrogen) atoms. The molecule has 0 fully saturated rings. The van der Waals surface area contributed by atoms with Crippen LogP contribution < -0.4 is 32.6 Å². The van der Waals surface area contributed by atoms with Crippen molar-refractivity contribution in [2.45, 2.75) is 80.1 Å². The first-order chi connectivity index (χ1) is 38.1. The third kappa shape index (κ3) is 20.2. The Morgan fingerprint density at radius 2 is 1.26 bits per heavy atom. The van der Waals surface area contributed by atoms with Crippen molar-refractivity contribution in [1.82, 2.24) is 40.5 Å². The van der Waals surface area contributed by atoms with Crippen LogP contribution in [0.1, 0.15) is 42.1 Å². The number of oxazole rings is 1. The molecule has 0 bridgehead atoms. The molecule has 430 valence electrons. The number of hydrogen-bond donors (Lipinski definition) is 9. The average Bonchev–Trinajstić information content (AvgIpc) is 4.28. The predicted molar refractivity (Wildman–Crippen MR) is 269 cm³/mol. The van der Waals surface area contributed by atoms with Crippen LogP contribution in [0.2, 0.25) is 5.02 Å². The first kappa shape index (κ1) is 64.3. The van der Waals surface area contributed by atoms with Crippen LogP contribution in [0.3, 0.4) is 0 Å². The van der Waals surface area contributed by atoms with Gasteiger partial charge in [0.05, 0.1) is 36.0 Å². The summed E-state index contributed by atoms with van der Waals surface area (Å²) in [6.45, 7) is 1.92. The van der Waals surface area contributed by atoms with E-state index in [9.17, 15) is 56.0 Å². The molecular formula is C48H46ClF6N13O12S. The van der Waals surface area contributed by atoms with E-state index < -0.39 is 84.9 Å². The molecule has 0 aliphatic rings. The van der Waals surface area contributed by atoms with Crippen LogP contribution in [0.15, 0.2) is 89.3 Å². The minimum Gasteiger partial charge on any atom is -0.490 e. The molecule has 33 heteroatoms. The second kappa shape index (κ2) is 29.7. The highest BCUT2D eigenvalue weighted by Gasteiger charge is 2.39. The number of carboxylic acid groups (broad SMARTS) is 2. The van der Waals surface area contributed by atoms with Crippen molar-refractivity contribution in [3.8, 4) is 40.5 Å². The van der Waals surface area contributed by atoms with E-state index in [0.717, 1.165) is 5.56 Å². The van der Waals surface area contributed by atoms with Crippen molar-refractivity contribution >= 4 is 64.9 Å². The summed E-state index contributed by atoms with van der Waals surface area (Å²) in [4.78, 5) is 92.1. The Morgan fingerprint density at radius 1 is 0.765 bits per heavy atom. The summed E-state index contributed by atoms with van der Waals surface area (Å²) in [5.41, 5.74) is 21.6. The number of amides is 2. The van der Waals surface area contributed by atoms with E-state index in [1.165, 1.54) is 56.9 Å². The number of aliphatic carboxylic acids is 2. The van der Waals surface area contributed by atoms with Crippen molar-refractivity contribution in [3.05, 3.63) is 113 Å². The number of carboxylic acids is 2. The molecule has 4 heterocycles. The normalized spacial score (nSPS) is 12.9. The number of nitrogen functional groups attached to an aromatic ring is 1. The van der Waals surface area contributed by atoms with Crippen LogP contribution in [0.4, 0.5) is 32.2 Å². The summed E-state index contributed by atoms with van der Waals surface area (Å²) in [6, 6.07) is 13.2. The second-order valence-corrected chi connectivity index (χ2v) is 17.9. The number of aromatic nitrogens is 6. The summed E-state index contributed by atoms with van der Waals surface area (Å²) in [5, 5.41) is 40.6. The van der Waals surface area contributed by atoms with Crippen LogP contribution in [-0.2, 0) is 56.8 Å². The molecule has 0 aliphatic heterocycles. The fraction of sp³-hybridized carbons (Fsp3) is 0.292. The molecule has 4 aromatic heterocycles. The van der Waals surface area contributed by atoms with E-state index in [1.807, 2.05) is 0 Å². The topological polar surface area (TPSA) is 417 Å². The van der Waals surface area contributed by atoms with Gasteiger partial charge >= 0.3 is 36.2 Å². The average molecular weight is 1180 g/mol. The molecule has 0 aliphatic carbocycles. The lowest BCUT2D eigenvalue weighted by atomic mass is 9.97. The maximum Gasteiger partial charge on any atom is 0.490 e. The number of thioether (sulfide) groups is 1. The third-order valence-corrected chi connectivity index (χ3v) is 11.5. The smallest absolute Gasteiger partial charge is 0.490 e. The molecule has 2 aromatic carbocycles. The van der Waals surface area contributed by atoms with Crippen molar-refractivity contribution in [2.75, 3.05) is 18.9 Å². The Morgan fingerprint density at radius 3 is 1.73 bits per heavy atom. The number of benzene rings is 2. The molecule has 6 rings (SSSR count). The fourth-order valence-electron chi connectivity index (χ4n) is 6.23. The number of pyridine rings is 1. The molecule has 2 amide bonds. The molecule has 0 saturated heterocycles. The van der Waals surface area contributed by atoms with Gasteiger partial charge in [-0.05, 0) is 55.8 Å². The van der Waals surface area contributed by atoms with Crippen LogP contribution in [0, 0.1) is 22.7 Å². The van der Waals surface area contributed by atoms with Gasteiger partial charge in [0, 0.05) is 58.5 Å². The van der Waals surface area contributed by atoms with Crippen LogP contribution in [0.25, 0.3) is 22.6 Å². The Bertz CT molecular complexity index is 3170. The third-order valence-electron chi connectivity index (χ3n) is 10.3. The minimum absolute atomic E-state index is 0.0106. The maximum absolute atomic E-state index is 13.3. The van der Waals surface area contributed by atoms with E-state index >= 15 is 0 Å². The highest BCUT2D eigenvalue weighted by atomic mass is 35.5. The number of nitriles is 2. The van der Waals surface area contributed by atoms with Gasteiger partial charge in [-0.1, -0.05) is 35.5 Å². The first-order valence-corrected chi connectivity index (χ1v) is 24.2. The van der Waals surface area contributed by atoms with Gasteiger partial charge in [0.1, 0.15) is 65.9 Å². The van der Waals surface area contributed by atoms with E-state index in [1.54, 1.807) is 48.5 Å². The van der Waals surface area contributed by atoms with Crippen molar-refractivity contribution in [2.24, 2.45) is 11.5 Å². The zero-order chi connectivity index (χ0) is 60.2. The van der Waals surface area contributed by atoms with Crippen molar-refractivity contribution in [3.63, 3.8) is 0 Å². The molecule has 0 radical (unpaired) electrons. The summed E-state index contributed by atoms with van der Waals surface area (Å²) >= 11 is 7.19. The van der Waals surface area contributed by atoms with Gasteiger partial charge in [0.15, 0.2) is 6.10 Å². The zero-order valence-electron chi connectivity index (χ0n) is 41.9. The predicted octanol–water partition coefficient (Wildman–Crippen LogP) is 4.37. The molecule has 5 atom stereocenters. The number of carbonyl (C=O) groups is 6. The van der Waals surface area contributed by atoms with E-state index in [2.05, 4.69) is 52.7 Å². The molecule has 6 aromatic rings. The SMILES string of the molecule is CC(NC(=O)[C@@H](N)Cc1cnc[nH]1)C(=O)O[C@H](COC(=O)[C@H](C)NC(=O)[C@@H](N)Cc1cnc[nH]1)COc1ccc(-c2c(C#N)c(N)nc(SCc3coc(-c4ccc(Cl)cc4)n3)c2C#N)cc1.O=C(O)C(F)(F)F.O=C(O)C(F)(F)F. The van der Waals surface area contributed by atoms with E-state index in [-0.39, 0.29) is 58.5 Å². The van der Waals surface area contributed by atoms with E-state index in [4.69, 9.17) is 67.2 Å². The van der Waals surface area contributed by atoms with Gasteiger partial charge in [0.25, 0.3) is 0 Å². The summed E-state index contributed by atoms with van der Waals surface area (Å²) in [6.07, 6.45) is -3.71. The Labute approximate surface area is 462 Å². The molecule has 12 N–H and O–H groups in total. The summed E-state index contributed by atoms with van der Waals surface area (Å²) in [5.74, 6) is -7.71. The molecule has 0 saturated carbocycles. The fourth-order valence-corrected chi connectivity index (χ4v) is 7.23. The second-order valence-electron chi connectivity index (χ2n) is 16.5. The molecule has 25 nitrogen and oxygen atoms in total. The maximum atomic E-state index is 13.3. The van der Waals surface area contributed by atoms with Crippen molar-refractivity contribution in [1.29, 1.82) is 10.5 Å². The lowest BCUT2D eigenvalue weighted by Gasteiger charge is -2.23. The Kier molecular flexibility index (Phi) is 23.5. The van der Waals surface area contributed by atoms with Crippen LogP contribution in [0.5, 0.6) is 5.75 Å². The molecule has 0 spiro atoms. The number of H-pyrrole nitrogens is 2. The number of esters is 2. The lowest BCUT2D eigenvalue weighted by molar-refractivity contribution is -0.193. The minimum atomic E-state index is -5.08. The number of ether oxygens (including phenoxy) is 3. The summed E-state index contributed by atoms with van der Waals surface area (Å²) in [7, 11) is 0. The molecular weight excluding hydrogens is 1130 g/mol. The number of nitrogens with two attached hydrogens (primary N) is 3. The number of aromatic amines is 2. The Hall–Kier alpha value is -9.24. The number of rotatable bonds is 21. The van der Waals surface area contributed by atoms with Crippen molar-refractivity contribution < 1.29 is 84.0 Å². The number of alkyl halides is 6. The van der Waals surface area contributed by atoms with Gasteiger partial charge < -0.3 is 66.6 Å². The number of nitrogens with one attached hydrogen (secondary N) is 4. The number of carbonyl (C=O) groups excluding carboxylic acids is 4. The first-order valence-electron chi connectivity index (χ1n) is 22.8. The quantitative estimate of drug-likeness (QED) is 0.0274. The number of halogens is 7. The number of nitrogens with zero attached hydrogens (tertiary/aromatic N) is 6. The van der Waals surface area contributed by atoms with Crippen LogP contribution >= 0.6 is 23.4 Å². The highest BCUT2D eigenvalue weighted by molar-refractivity contribution is 7.98. The van der Waals surface area contributed by atoms with Gasteiger partial charge in [-0.15, -0.1) is 0 Å². The van der Waals surface area contributed by atoms with E-state index in [0.29, 0.717) is 33.6 Å². The van der Waals surface area contributed by atoms with Crippen LogP contribution in [-0.4, -0.2) is 132 Å². The monoisotopic (exact) mass is 1180 g/mol. The lowest BCUT2D eigenvalue weighted by Crippen LogP contribution is -2.50. The number of hydrogen-bond acceptors (Lipinski definition) is 20. The van der Waals surface area contributed by atoms with Gasteiger partial charge in [0.2, 0.25) is 17.7 Å². The highest BCUT2D eigenvalue weighted by Crippen LogP contribution is 2.37. The van der Waals surface area contributed by atoms with Gasteiger partial charge in [-0.25, -0.2) is 39.1 Å². The Balaban J connectivity index is 0.000000891. The zero-order valence-corrected chi connectivity index (χ0v) is 43.4. The number of imidazole rings is 2. The van der Waals surface area contributed by atoms with Gasteiger partial charge in [-0.3, -0.25) is 9.59 Å². The van der Waals surface area contributed by atoms with Gasteiger partial charge in [-0.2, -0.15) is 36.9 Å². The standard InChI is InChI=1S/C44H44ClN13O8S.2C2HF3O2/c1-23(55-39(59)35(48)11-28-15-51-21-53-28)43(61)65-19-32(66-44(62)24(2)56-40(60)36(49)12-29-16-52-22-54-29)18-63-31-9-5-25(6-10-31)37-33(13-46)38(50)58-42(34(37)14-47)67-20-30-17-64-41(57-30)26-3-7-27(45)8-4-26;2*3-2(4,5)1(6)7/h3-10,15-17,21-24,32,35-36H,11-12,18-20,48-49H2,1-2H3,(H2,50,58)(H,51,53)(H,52,54)(H,55,59)(H,56,60);2*(H,6,7)/t23-,24?,32-,35-,36-;;/m0../s1. The molecule has 1 unspecified atom stereocenters. The summed E-state index contributed by atoms with van der Waals surface area (Å²) < 4.78 is 86.2.